The Bertz CT molecular complexity index is 917. The third kappa shape index (κ3) is 5.29. The molecule has 2 atom stereocenters. The maximum atomic E-state index is 12.3. The van der Waals surface area contributed by atoms with Gasteiger partial charge in [-0.1, -0.05) is 36.4 Å². The van der Waals surface area contributed by atoms with Crippen LogP contribution in [-0.4, -0.2) is 51.1 Å². The van der Waals surface area contributed by atoms with Gasteiger partial charge in [-0.3, -0.25) is 0 Å². The number of quaternary nitrogens is 1. The molecule has 3 N–H and O–H groups in total. The van der Waals surface area contributed by atoms with E-state index >= 15 is 0 Å². The summed E-state index contributed by atoms with van der Waals surface area (Å²) in [6, 6.07) is 17.5. The molecule has 0 amide bonds. The fourth-order valence-electron chi connectivity index (χ4n) is 3.40. The number of sulfonamides is 1. The van der Waals surface area contributed by atoms with Crippen molar-refractivity contribution in [2.24, 2.45) is 0 Å². The second-order valence-electron chi connectivity index (χ2n) is 7.27. The molecular weight excluding hydrogens is 392 g/mol. The highest BCUT2D eigenvalue weighted by atomic mass is 32.2. The van der Waals surface area contributed by atoms with Crippen LogP contribution in [0.25, 0.3) is 0 Å². The molecule has 1 unspecified atom stereocenters. The van der Waals surface area contributed by atoms with Gasteiger partial charge in [-0.2, -0.15) is 0 Å². The molecule has 3 rings (SSSR count). The van der Waals surface area contributed by atoms with Crippen molar-refractivity contribution in [3.63, 3.8) is 0 Å². The number of likely N-dealkylation sites (tertiary alicyclic amines) is 1. The summed E-state index contributed by atoms with van der Waals surface area (Å²) in [7, 11) is -0.430. The minimum atomic E-state index is -3.47. The van der Waals surface area contributed by atoms with E-state index in [1.807, 2.05) is 12.1 Å². The number of rotatable bonds is 6. The molecule has 1 aliphatic rings. The molecule has 2 aromatic rings. The van der Waals surface area contributed by atoms with Crippen molar-refractivity contribution in [3.8, 4) is 0 Å². The Labute approximate surface area is 172 Å². The Hall–Kier alpha value is -2.00. The lowest BCUT2D eigenvalue weighted by atomic mass is 10.2. The first-order chi connectivity index (χ1) is 13.3. The van der Waals surface area contributed by atoms with Gasteiger partial charge in [0.15, 0.2) is 5.11 Å². The Kier molecular flexibility index (Phi) is 6.66. The first-order valence-corrected chi connectivity index (χ1v) is 11.2. The largest absolute Gasteiger partial charge is 0.354 e. The van der Waals surface area contributed by atoms with E-state index in [2.05, 4.69) is 34.9 Å². The number of benzene rings is 2. The molecule has 8 heteroatoms. The zero-order valence-electron chi connectivity index (χ0n) is 16.2. The number of hydrogen-bond donors (Lipinski definition) is 3. The highest BCUT2D eigenvalue weighted by molar-refractivity contribution is 7.89. The van der Waals surface area contributed by atoms with Crippen LogP contribution >= 0.6 is 12.2 Å². The Morgan fingerprint density at radius 3 is 2.64 bits per heavy atom. The Morgan fingerprint density at radius 1 is 1.18 bits per heavy atom. The van der Waals surface area contributed by atoms with Crippen LogP contribution in [0.5, 0.6) is 0 Å². The molecule has 1 fully saturated rings. The summed E-state index contributed by atoms with van der Waals surface area (Å²) in [5.41, 5.74) is 2.00. The van der Waals surface area contributed by atoms with Crippen LogP contribution in [0.15, 0.2) is 59.5 Å². The molecule has 1 heterocycles. The van der Waals surface area contributed by atoms with Crippen LogP contribution in [0.2, 0.25) is 0 Å². The van der Waals surface area contributed by atoms with Crippen molar-refractivity contribution in [1.82, 2.24) is 9.62 Å². The van der Waals surface area contributed by atoms with Crippen molar-refractivity contribution in [1.29, 1.82) is 0 Å². The lowest BCUT2D eigenvalue weighted by Gasteiger charge is -2.17. The first kappa shape index (κ1) is 20.7. The van der Waals surface area contributed by atoms with Gasteiger partial charge in [-0.05, 0) is 30.4 Å². The molecule has 1 saturated heterocycles. The summed E-state index contributed by atoms with van der Waals surface area (Å²) in [6.45, 7) is 3.13. The van der Waals surface area contributed by atoms with Gasteiger partial charge < -0.3 is 15.5 Å². The fourth-order valence-corrected chi connectivity index (χ4v) is 4.63. The summed E-state index contributed by atoms with van der Waals surface area (Å²) >= 11 is 5.44. The maximum Gasteiger partial charge on any atom is 0.242 e. The maximum absolute atomic E-state index is 12.3. The predicted molar refractivity (Wildman–Crippen MR) is 116 cm³/mol. The van der Waals surface area contributed by atoms with Crippen LogP contribution in [0.4, 0.5) is 5.69 Å². The van der Waals surface area contributed by atoms with E-state index in [1.54, 1.807) is 18.2 Å². The van der Waals surface area contributed by atoms with E-state index in [0.717, 1.165) is 26.1 Å². The molecule has 0 saturated carbocycles. The van der Waals surface area contributed by atoms with E-state index in [-0.39, 0.29) is 4.90 Å². The topological polar surface area (TPSA) is 65.9 Å². The highest BCUT2D eigenvalue weighted by Gasteiger charge is 2.26. The fraction of sp³-hybridized carbons (Fsp3) is 0.350. The van der Waals surface area contributed by atoms with Gasteiger partial charge in [0.2, 0.25) is 10.0 Å². The van der Waals surface area contributed by atoms with E-state index in [1.165, 1.54) is 28.9 Å². The summed E-state index contributed by atoms with van der Waals surface area (Å²) < 4.78 is 25.8. The summed E-state index contributed by atoms with van der Waals surface area (Å²) in [5.74, 6) is 0. The molecule has 0 aliphatic carbocycles. The normalized spacial score (nSPS) is 19.5. The predicted octanol–water partition coefficient (Wildman–Crippen LogP) is 1.08. The van der Waals surface area contributed by atoms with Crippen molar-refractivity contribution in [2.45, 2.75) is 23.9 Å². The molecule has 2 aromatic carbocycles. The molecule has 6 nitrogen and oxygen atoms in total. The average molecular weight is 420 g/mol. The highest BCUT2D eigenvalue weighted by Crippen LogP contribution is 2.18. The van der Waals surface area contributed by atoms with Crippen LogP contribution in [0.1, 0.15) is 12.0 Å². The minimum Gasteiger partial charge on any atom is -0.354 e. The second-order valence-corrected chi connectivity index (χ2v) is 9.83. The van der Waals surface area contributed by atoms with Crippen LogP contribution in [0, 0.1) is 0 Å². The molecule has 150 valence electrons. The van der Waals surface area contributed by atoms with Gasteiger partial charge in [0.25, 0.3) is 0 Å². The van der Waals surface area contributed by atoms with Crippen LogP contribution < -0.4 is 15.5 Å². The molecule has 0 radical (unpaired) electrons. The monoisotopic (exact) mass is 419 g/mol. The quantitative estimate of drug-likeness (QED) is 0.612. The number of nitrogens with zero attached hydrogens (tertiary/aromatic N) is 1. The first-order valence-electron chi connectivity index (χ1n) is 9.32. The smallest absolute Gasteiger partial charge is 0.242 e. The summed E-state index contributed by atoms with van der Waals surface area (Å²) in [6.07, 6.45) is 1.05. The summed E-state index contributed by atoms with van der Waals surface area (Å²) in [5, 5.41) is 7.00. The van der Waals surface area contributed by atoms with Gasteiger partial charge in [-0.25, -0.2) is 12.7 Å². The van der Waals surface area contributed by atoms with Gasteiger partial charge >= 0.3 is 0 Å². The zero-order valence-corrected chi connectivity index (χ0v) is 17.8. The third-order valence-electron chi connectivity index (χ3n) is 4.88. The lowest BCUT2D eigenvalue weighted by Crippen LogP contribution is -3.09. The van der Waals surface area contributed by atoms with Crippen molar-refractivity contribution in [2.75, 3.05) is 32.5 Å². The standard InChI is InChI=1S/C20H26N4O2S2/c1-23(2)28(25,26)19-10-6-9-17(13-19)21-20(27)22-18-11-12-24(15-18)14-16-7-4-3-5-8-16/h3-10,13,18H,11-12,14-15H2,1-2H3,(H2,21,22,27)/p+1/t18-/m0/s1. The Morgan fingerprint density at radius 2 is 1.93 bits per heavy atom. The van der Waals surface area contributed by atoms with Crippen molar-refractivity contribution >= 4 is 33.0 Å². The lowest BCUT2D eigenvalue weighted by molar-refractivity contribution is -0.901. The zero-order chi connectivity index (χ0) is 20.1. The molecule has 1 aliphatic heterocycles. The third-order valence-corrected chi connectivity index (χ3v) is 6.92. The number of hydrogen-bond acceptors (Lipinski definition) is 3. The van der Waals surface area contributed by atoms with Crippen LogP contribution in [-0.2, 0) is 16.6 Å². The average Bonchev–Trinajstić information content (AvgIpc) is 3.09. The number of anilines is 1. The van der Waals surface area contributed by atoms with E-state index in [4.69, 9.17) is 12.2 Å². The van der Waals surface area contributed by atoms with E-state index in [9.17, 15) is 8.42 Å². The molecule has 0 aromatic heterocycles. The molecule has 0 spiro atoms. The van der Waals surface area contributed by atoms with E-state index < -0.39 is 10.0 Å². The second kappa shape index (κ2) is 9.00. The Balaban J connectivity index is 1.54. The van der Waals surface area contributed by atoms with Crippen molar-refractivity contribution in [3.05, 3.63) is 60.2 Å². The van der Waals surface area contributed by atoms with Gasteiger partial charge in [0.1, 0.15) is 6.54 Å². The SMILES string of the molecule is CN(C)S(=O)(=O)c1cccc(NC(=S)N[C@H]2CC[NH+](Cc3ccccc3)C2)c1. The van der Waals surface area contributed by atoms with Gasteiger partial charge in [-0.15, -0.1) is 0 Å². The van der Waals surface area contributed by atoms with Crippen molar-refractivity contribution < 1.29 is 13.3 Å². The van der Waals surface area contributed by atoms with Crippen LogP contribution in [0.3, 0.4) is 0 Å². The summed E-state index contributed by atoms with van der Waals surface area (Å²) in [4.78, 5) is 1.77. The minimum absolute atomic E-state index is 0.240. The van der Waals surface area contributed by atoms with Gasteiger partial charge in [0.05, 0.1) is 24.0 Å². The molecule has 0 bridgehead atoms. The van der Waals surface area contributed by atoms with E-state index in [0.29, 0.717) is 16.8 Å². The number of thiocarbonyl (C=S) groups is 1. The number of nitrogens with one attached hydrogen (secondary N) is 3. The molecular formula is C20H27N4O2S2+. The van der Waals surface area contributed by atoms with Gasteiger partial charge in [0, 0.05) is 31.8 Å². The molecule has 28 heavy (non-hydrogen) atoms.